The molecular weight excluding hydrogens is 194 g/mol. The van der Waals surface area contributed by atoms with Crippen molar-refractivity contribution in [1.82, 2.24) is 10.6 Å². The first-order chi connectivity index (χ1) is 7.02. The highest BCUT2D eigenvalue weighted by atomic mass is 16.2. The van der Waals surface area contributed by atoms with Crippen molar-refractivity contribution in [2.75, 3.05) is 0 Å². The van der Waals surface area contributed by atoms with E-state index in [1.807, 2.05) is 6.92 Å². The highest BCUT2D eigenvalue weighted by molar-refractivity contribution is 6.45. The van der Waals surface area contributed by atoms with Gasteiger partial charge >= 0.3 is 11.8 Å². The number of aliphatic imine (C=N–C) groups is 1. The van der Waals surface area contributed by atoms with Gasteiger partial charge in [0.25, 0.3) is 0 Å². The number of carbonyl (C=O) groups excluding carboxylic acids is 2. The molecule has 1 fully saturated rings. The number of rotatable bonds is 4. The molecular formula is C10H17N3O2. The van der Waals surface area contributed by atoms with Crippen LogP contribution >= 0.6 is 0 Å². The monoisotopic (exact) mass is 211 g/mol. The molecule has 0 aromatic rings. The van der Waals surface area contributed by atoms with Crippen molar-refractivity contribution >= 4 is 17.8 Å². The van der Waals surface area contributed by atoms with Gasteiger partial charge in [-0.3, -0.25) is 20.2 Å². The quantitative estimate of drug-likeness (QED) is 0.661. The van der Waals surface area contributed by atoms with E-state index in [4.69, 9.17) is 0 Å². The summed E-state index contributed by atoms with van der Waals surface area (Å²) in [6, 6.07) is 0.105. The molecule has 1 aliphatic rings. The van der Waals surface area contributed by atoms with Gasteiger partial charge in [-0.1, -0.05) is 20.3 Å². The number of hydrogen-bond acceptors (Lipinski definition) is 3. The van der Waals surface area contributed by atoms with Gasteiger partial charge in [-0.05, 0) is 19.3 Å². The number of nitrogens with zero attached hydrogens (tertiary/aromatic N) is 1. The van der Waals surface area contributed by atoms with Crippen LogP contribution in [0.2, 0.25) is 0 Å². The van der Waals surface area contributed by atoms with E-state index in [-0.39, 0.29) is 12.0 Å². The van der Waals surface area contributed by atoms with Crippen LogP contribution in [0.1, 0.15) is 33.6 Å². The summed E-state index contributed by atoms with van der Waals surface area (Å²) in [5.74, 6) is -0.396. The molecule has 2 amide bonds. The summed E-state index contributed by atoms with van der Waals surface area (Å²) in [6.07, 6.45) is 2.06. The molecule has 84 valence electrons. The van der Waals surface area contributed by atoms with Crippen molar-refractivity contribution < 1.29 is 9.59 Å². The lowest BCUT2D eigenvalue weighted by atomic mass is 10.0. The maximum Gasteiger partial charge on any atom is 0.316 e. The molecule has 1 saturated heterocycles. The largest absolute Gasteiger partial charge is 0.316 e. The number of guanidine groups is 1. The van der Waals surface area contributed by atoms with Gasteiger partial charge in [0.1, 0.15) is 0 Å². The third kappa shape index (κ3) is 3.34. The fourth-order valence-corrected chi connectivity index (χ4v) is 1.45. The van der Waals surface area contributed by atoms with Gasteiger partial charge in [-0.2, -0.15) is 0 Å². The zero-order valence-electron chi connectivity index (χ0n) is 9.33. The standard InChI is InChI=1S/C10H17N3O2/c1-4-6(2)5-7(3)11-10-12-8(14)9(15)13-10/h6-7H,4-5H2,1-3H3,(H2,11,12,13,14,15). The molecule has 15 heavy (non-hydrogen) atoms. The normalized spacial score (nSPS) is 19.5. The summed E-state index contributed by atoms with van der Waals surface area (Å²) in [5.41, 5.74) is 0. The van der Waals surface area contributed by atoms with Gasteiger partial charge in [0, 0.05) is 0 Å². The van der Waals surface area contributed by atoms with E-state index in [9.17, 15) is 9.59 Å². The first kappa shape index (κ1) is 11.7. The van der Waals surface area contributed by atoms with Crippen molar-refractivity contribution in [2.24, 2.45) is 10.9 Å². The summed E-state index contributed by atoms with van der Waals surface area (Å²) in [5, 5.41) is 4.75. The molecule has 0 aliphatic carbocycles. The molecule has 2 unspecified atom stereocenters. The Morgan fingerprint density at radius 1 is 1.20 bits per heavy atom. The SMILES string of the molecule is CCC(C)CC(C)N=C1NC(=O)C(=O)N1. The van der Waals surface area contributed by atoms with Crippen molar-refractivity contribution in [1.29, 1.82) is 0 Å². The van der Waals surface area contributed by atoms with Crippen LogP contribution in [0, 0.1) is 5.92 Å². The average molecular weight is 211 g/mol. The maximum absolute atomic E-state index is 10.8. The van der Waals surface area contributed by atoms with Crippen LogP contribution in [-0.2, 0) is 9.59 Å². The zero-order chi connectivity index (χ0) is 11.4. The first-order valence-corrected chi connectivity index (χ1v) is 5.23. The van der Waals surface area contributed by atoms with E-state index in [0.717, 1.165) is 12.8 Å². The minimum Gasteiger partial charge on any atom is -0.288 e. The fraction of sp³-hybridized carbons (Fsp3) is 0.700. The van der Waals surface area contributed by atoms with Crippen LogP contribution in [0.25, 0.3) is 0 Å². The van der Waals surface area contributed by atoms with Gasteiger partial charge in [0.2, 0.25) is 5.96 Å². The third-order valence-electron chi connectivity index (χ3n) is 2.46. The van der Waals surface area contributed by atoms with Crippen LogP contribution in [0.4, 0.5) is 0 Å². The third-order valence-corrected chi connectivity index (χ3v) is 2.46. The molecule has 1 heterocycles. The number of amides is 2. The van der Waals surface area contributed by atoms with Gasteiger partial charge in [-0.25, -0.2) is 4.99 Å². The molecule has 2 atom stereocenters. The van der Waals surface area contributed by atoms with E-state index < -0.39 is 11.8 Å². The predicted molar refractivity (Wildman–Crippen MR) is 57.3 cm³/mol. The molecule has 0 saturated carbocycles. The minimum absolute atomic E-state index is 0.105. The van der Waals surface area contributed by atoms with Crippen LogP contribution in [0.5, 0.6) is 0 Å². The predicted octanol–water partition coefficient (Wildman–Crippen LogP) is 0.413. The van der Waals surface area contributed by atoms with Gasteiger partial charge in [0.15, 0.2) is 0 Å². The van der Waals surface area contributed by atoms with Gasteiger partial charge < -0.3 is 0 Å². The molecule has 2 N–H and O–H groups in total. The molecule has 0 aromatic carbocycles. The number of hydrogen-bond donors (Lipinski definition) is 2. The van der Waals surface area contributed by atoms with E-state index in [1.54, 1.807) is 0 Å². The lowest BCUT2D eigenvalue weighted by Crippen LogP contribution is -2.27. The molecule has 5 nitrogen and oxygen atoms in total. The van der Waals surface area contributed by atoms with Crippen LogP contribution < -0.4 is 10.6 Å². The lowest BCUT2D eigenvalue weighted by molar-refractivity contribution is -0.135. The maximum atomic E-state index is 10.8. The van der Waals surface area contributed by atoms with E-state index >= 15 is 0 Å². The zero-order valence-corrected chi connectivity index (χ0v) is 9.33. The smallest absolute Gasteiger partial charge is 0.288 e. The number of carbonyl (C=O) groups is 2. The lowest BCUT2D eigenvalue weighted by Gasteiger charge is -2.12. The summed E-state index contributed by atoms with van der Waals surface area (Å²) in [6.45, 7) is 6.25. The number of nitrogens with one attached hydrogen (secondary N) is 2. The van der Waals surface area contributed by atoms with Crippen LogP contribution in [0.3, 0.4) is 0 Å². The fourth-order valence-electron chi connectivity index (χ4n) is 1.45. The second kappa shape index (κ2) is 4.91. The summed E-state index contributed by atoms with van der Waals surface area (Å²) in [7, 11) is 0. The molecule has 0 aromatic heterocycles. The van der Waals surface area contributed by atoms with Crippen LogP contribution in [0.15, 0.2) is 4.99 Å². The molecule has 1 aliphatic heterocycles. The summed E-state index contributed by atoms with van der Waals surface area (Å²) >= 11 is 0. The van der Waals surface area contributed by atoms with Crippen LogP contribution in [-0.4, -0.2) is 23.8 Å². The van der Waals surface area contributed by atoms with Gasteiger partial charge in [-0.15, -0.1) is 0 Å². The molecule has 0 spiro atoms. The Labute approximate surface area is 89.3 Å². The highest BCUT2D eigenvalue weighted by Crippen LogP contribution is 2.11. The summed E-state index contributed by atoms with van der Waals surface area (Å²) < 4.78 is 0. The van der Waals surface area contributed by atoms with Crippen molar-refractivity contribution in [3.8, 4) is 0 Å². The Morgan fingerprint density at radius 2 is 1.73 bits per heavy atom. The Hall–Kier alpha value is -1.39. The topological polar surface area (TPSA) is 70.6 Å². The Kier molecular flexibility index (Phi) is 3.82. The molecule has 5 heteroatoms. The van der Waals surface area contributed by atoms with E-state index in [2.05, 4.69) is 29.5 Å². The van der Waals surface area contributed by atoms with Crippen molar-refractivity contribution in [2.45, 2.75) is 39.7 Å². The second-order valence-corrected chi connectivity index (χ2v) is 3.98. The molecule has 1 rings (SSSR count). The second-order valence-electron chi connectivity index (χ2n) is 3.98. The van der Waals surface area contributed by atoms with E-state index in [0.29, 0.717) is 5.92 Å². The van der Waals surface area contributed by atoms with Crippen molar-refractivity contribution in [3.63, 3.8) is 0 Å². The minimum atomic E-state index is -0.635. The van der Waals surface area contributed by atoms with E-state index in [1.165, 1.54) is 0 Å². The summed E-state index contributed by atoms with van der Waals surface area (Å²) in [4.78, 5) is 25.9. The first-order valence-electron chi connectivity index (χ1n) is 5.23. The highest BCUT2D eigenvalue weighted by Gasteiger charge is 2.25. The average Bonchev–Trinajstić information content (AvgIpc) is 2.45. The Balaban J connectivity index is 2.49. The Morgan fingerprint density at radius 3 is 2.20 bits per heavy atom. The molecule has 0 bridgehead atoms. The Bertz CT molecular complexity index is 281. The van der Waals surface area contributed by atoms with Gasteiger partial charge in [0.05, 0.1) is 6.04 Å². The molecule has 0 radical (unpaired) electrons. The van der Waals surface area contributed by atoms with Crippen molar-refractivity contribution in [3.05, 3.63) is 0 Å².